The first-order chi connectivity index (χ1) is 17.2. The van der Waals surface area contributed by atoms with E-state index in [0.717, 1.165) is 28.3 Å². The molecule has 0 aliphatic heterocycles. The molecule has 1 aliphatic rings. The number of anilines is 1. The maximum atomic E-state index is 13.7. The van der Waals surface area contributed by atoms with Gasteiger partial charge in [-0.3, -0.25) is 9.10 Å². The van der Waals surface area contributed by atoms with Gasteiger partial charge >= 0.3 is 0 Å². The van der Waals surface area contributed by atoms with Crippen LogP contribution in [0.2, 0.25) is 5.02 Å². The molecule has 190 valence electrons. The Morgan fingerprint density at radius 2 is 1.72 bits per heavy atom. The molecular formula is C28H31ClN2O4S. The second kappa shape index (κ2) is 10.9. The molecule has 3 aromatic carbocycles. The van der Waals surface area contributed by atoms with Crippen molar-refractivity contribution >= 4 is 33.2 Å². The van der Waals surface area contributed by atoms with Crippen molar-refractivity contribution in [2.24, 2.45) is 0 Å². The minimum Gasteiger partial charge on any atom is -0.495 e. The van der Waals surface area contributed by atoms with Crippen molar-refractivity contribution in [3.8, 4) is 5.75 Å². The maximum Gasteiger partial charge on any atom is 0.264 e. The summed E-state index contributed by atoms with van der Waals surface area (Å²) < 4.78 is 33.9. The van der Waals surface area contributed by atoms with E-state index in [1.165, 1.54) is 49.3 Å². The van der Waals surface area contributed by atoms with Gasteiger partial charge in [0.25, 0.3) is 10.0 Å². The van der Waals surface area contributed by atoms with Gasteiger partial charge in [0.15, 0.2) is 0 Å². The van der Waals surface area contributed by atoms with Crippen LogP contribution in [0.3, 0.4) is 0 Å². The van der Waals surface area contributed by atoms with Gasteiger partial charge in [-0.15, -0.1) is 0 Å². The van der Waals surface area contributed by atoms with Crippen molar-refractivity contribution in [1.82, 2.24) is 5.32 Å². The van der Waals surface area contributed by atoms with Crippen LogP contribution < -0.4 is 14.4 Å². The average Bonchev–Trinajstić information content (AvgIpc) is 2.87. The lowest BCUT2D eigenvalue weighted by molar-refractivity contribution is -0.120. The highest BCUT2D eigenvalue weighted by atomic mass is 35.5. The molecule has 0 aromatic heterocycles. The normalized spacial score (nSPS) is 14.0. The van der Waals surface area contributed by atoms with Crippen LogP contribution in [-0.2, 0) is 27.7 Å². The fraction of sp³-hybridized carbons (Fsp3) is 0.321. The largest absolute Gasteiger partial charge is 0.495 e. The van der Waals surface area contributed by atoms with Gasteiger partial charge in [-0.25, -0.2) is 8.42 Å². The number of halogens is 1. The van der Waals surface area contributed by atoms with Gasteiger partial charge in [0.2, 0.25) is 5.91 Å². The molecule has 0 unspecified atom stereocenters. The van der Waals surface area contributed by atoms with Crippen molar-refractivity contribution in [3.63, 3.8) is 0 Å². The third-order valence-corrected chi connectivity index (χ3v) is 8.56. The first-order valence-corrected chi connectivity index (χ1v) is 13.8. The van der Waals surface area contributed by atoms with Gasteiger partial charge < -0.3 is 10.1 Å². The number of methoxy groups -OCH3 is 1. The molecule has 0 radical (unpaired) electrons. The van der Waals surface area contributed by atoms with E-state index in [2.05, 4.69) is 17.4 Å². The number of fused-ring (bicyclic) bond motifs is 1. The van der Waals surface area contributed by atoms with Gasteiger partial charge in [0, 0.05) is 5.02 Å². The van der Waals surface area contributed by atoms with Crippen LogP contribution in [0.5, 0.6) is 5.75 Å². The Morgan fingerprint density at radius 1 is 1.03 bits per heavy atom. The highest BCUT2D eigenvalue weighted by molar-refractivity contribution is 7.92. The quantitative estimate of drug-likeness (QED) is 0.414. The first-order valence-electron chi connectivity index (χ1n) is 12.0. The topological polar surface area (TPSA) is 75.7 Å². The van der Waals surface area contributed by atoms with E-state index >= 15 is 0 Å². The van der Waals surface area contributed by atoms with Gasteiger partial charge in [-0.1, -0.05) is 47.5 Å². The third-order valence-electron chi connectivity index (χ3n) is 6.56. The zero-order valence-corrected chi connectivity index (χ0v) is 22.3. The monoisotopic (exact) mass is 526 g/mol. The fourth-order valence-electron chi connectivity index (χ4n) is 4.52. The molecule has 1 atom stereocenters. The number of hydrogen-bond donors (Lipinski definition) is 1. The van der Waals surface area contributed by atoms with Crippen LogP contribution in [0.15, 0.2) is 65.6 Å². The molecular weight excluding hydrogens is 496 g/mol. The summed E-state index contributed by atoms with van der Waals surface area (Å²) in [5.74, 6) is -0.136. The summed E-state index contributed by atoms with van der Waals surface area (Å²) in [5.41, 5.74) is 4.82. The Labute approximate surface area is 218 Å². The minimum absolute atomic E-state index is 0.0747. The van der Waals surface area contributed by atoms with E-state index in [1.54, 1.807) is 24.3 Å². The summed E-state index contributed by atoms with van der Waals surface area (Å²) in [6.45, 7) is 3.35. The number of aryl methyl sites for hydroxylation is 3. The van der Waals surface area contributed by atoms with Crippen LogP contribution in [-0.4, -0.2) is 28.0 Å². The minimum atomic E-state index is -4.09. The Kier molecular flexibility index (Phi) is 7.91. The second-order valence-electron chi connectivity index (χ2n) is 9.17. The number of hydrogen-bond acceptors (Lipinski definition) is 4. The lowest BCUT2D eigenvalue weighted by Gasteiger charge is -2.27. The molecule has 0 heterocycles. The number of benzene rings is 3. The molecule has 0 fully saturated rings. The predicted molar refractivity (Wildman–Crippen MR) is 143 cm³/mol. The Morgan fingerprint density at radius 3 is 2.42 bits per heavy atom. The average molecular weight is 527 g/mol. The molecule has 36 heavy (non-hydrogen) atoms. The molecule has 3 aromatic rings. The lowest BCUT2D eigenvalue weighted by Crippen LogP contribution is -2.41. The number of ether oxygens (including phenoxy) is 1. The standard InChI is InChI=1S/C28H31ClN2O4S/c1-19-8-13-25(14-9-19)36(33,34)31(26-17-24(29)12-15-27(26)35-3)18-28(32)30-20(2)22-11-10-21-6-4-5-7-23(21)16-22/h8-17,20H,4-7,18H2,1-3H3,(H,30,32)/t20-/m0/s1. The Hall–Kier alpha value is -3.03. The van der Waals surface area contributed by atoms with Crippen molar-refractivity contribution in [1.29, 1.82) is 0 Å². The molecule has 8 heteroatoms. The van der Waals surface area contributed by atoms with E-state index in [4.69, 9.17) is 16.3 Å². The number of rotatable bonds is 8. The SMILES string of the molecule is COc1ccc(Cl)cc1N(CC(=O)N[C@@H](C)c1ccc2c(c1)CCCC2)S(=O)(=O)c1ccc(C)cc1. The van der Waals surface area contributed by atoms with E-state index in [9.17, 15) is 13.2 Å². The van der Waals surface area contributed by atoms with E-state index < -0.39 is 22.5 Å². The second-order valence-corrected chi connectivity index (χ2v) is 11.5. The fourth-order valence-corrected chi connectivity index (χ4v) is 6.11. The molecule has 0 spiro atoms. The smallest absolute Gasteiger partial charge is 0.264 e. The van der Waals surface area contributed by atoms with Crippen molar-refractivity contribution < 1.29 is 17.9 Å². The molecule has 1 amide bonds. The van der Waals surface area contributed by atoms with Crippen LogP contribution in [0.25, 0.3) is 0 Å². The summed E-state index contributed by atoms with van der Waals surface area (Å²) in [5, 5.41) is 3.30. The van der Waals surface area contributed by atoms with Crippen LogP contribution in [0.4, 0.5) is 5.69 Å². The van der Waals surface area contributed by atoms with Crippen LogP contribution >= 0.6 is 11.6 Å². The number of sulfonamides is 1. The zero-order valence-electron chi connectivity index (χ0n) is 20.8. The molecule has 0 saturated carbocycles. The summed E-state index contributed by atoms with van der Waals surface area (Å²) in [6, 6.07) is 17.2. The zero-order chi connectivity index (χ0) is 25.9. The number of amides is 1. The summed E-state index contributed by atoms with van der Waals surface area (Å²) in [6.07, 6.45) is 4.51. The third kappa shape index (κ3) is 5.68. The number of carbonyl (C=O) groups is 1. The molecule has 1 aliphatic carbocycles. The van der Waals surface area contributed by atoms with Crippen LogP contribution in [0.1, 0.15) is 48.1 Å². The molecule has 6 nitrogen and oxygen atoms in total. The molecule has 0 bridgehead atoms. The summed E-state index contributed by atoms with van der Waals surface area (Å²) in [4.78, 5) is 13.3. The Balaban J connectivity index is 1.63. The van der Waals surface area contributed by atoms with Crippen molar-refractivity contribution in [3.05, 3.63) is 87.9 Å². The molecule has 4 rings (SSSR count). The number of nitrogens with zero attached hydrogens (tertiary/aromatic N) is 1. The number of carbonyl (C=O) groups excluding carboxylic acids is 1. The van der Waals surface area contributed by atoms with E-state index in [0.29, 0.717) is 10.8 Å². The van der Waals surface area contributed by atoms with Gasteiger partial charge in [-0.05, 0) is 86.6 Å². The highest BCUT2D eigenvalue weighted by Crippen LogP contribution is 2.35. The molecule has 1 N–H and O–H groups in total. The number of nitrogens with one attached hydrogen (secondary N) is 1. The lowest BCUT2D eigenvalue weighted by atomic mass is 9.89. The Bertz CT molecular complexity index is 1360. The summed E-state index contributed by atoms with van der Waals surface area (Å²) >= 11 is 6.22. The summed E-state index contributed by atoms with van der Waals surface area (Å²) in [7, 11) is -2.65. The van der Waals surface area contributed by atoms with Crippen molar-refractivity contribution in [2.75, 3.05) is 18.0 Å². The van der Waals surface area contributed by atoms with Crippen LogP contribution in [0, 0.1) is 6.92 Å². The van der Waals surface area contributed by atoms with Gasteiger partial charge in [-0.2, -0.15) is 0 Å². The van der Waals surface area contributed by atoms with E-state index in [-0.39, 0.29) is 16.6 Å². The maximum absolute atomic E-state index is 13.7. The van der Waals surface area contributed by atoms with Gasteiger partial charge in [0.05, 0.1) is 23.7 Å². The first kappa shape index (κ1) is 26.0. The van der Waals surface area contributed by atoms with Crippen molar-refractivity contribution in [2.45, 2.75) is 50.5 Å². The van der Waals surface area contributed by atoms with Gasteiger partial charge in [0.1, 0.15) is 12.3 Å². The molecule has 0 saturated heterocycles. The predicted octanol–water partition coefficient (Wildman–Crippen LogP) is 5.61. The highest BCUT2D eigenvalue weighted by Gasteiger charge is 2.30. The van der Waals surface area contributed by atoms with E-state index in [1.807, 2.05) is 19.9 Å².